The summed E-state index contributed by atoms with van der Waals surface area (Å²) in [5.41, 5.74) is 1.96. The molecule has 7 nitrogen and oxygen atoms in total. The van der Waals surface area contributed by atoms with Gasteiger partial charge in [0.05, 0.1) is 12.2 Å². The first kappa shape index (κ1) is 19.5. The molecule has 1 aromatic heterocycles. The highest BCUT2D eigenvalue weighted by Crippen LogP contribution is 2.27. The van der Waals surface area contributed by atoms with Gasteiger partial charge in [-0.15, -0.1) is 0 Å². The highest BCUT2D eigenvalue weighted by atomic mass is 16.2. The smallest absolute Gasteiger partial charge is 0.253 e. The summed E-state index contributed by atoms with van der Waals surface area (Å²) in [6.45, 7) is 5.09. The fourth-order valence-corrected chi connectivity index (χ4v) is 4.35. The minimum Gasteiger partial charge on any atom is -0.372 e. The Kier molecular flexibility index (Phi) is 5.83. The SMILES string of the molecule is CC(=O)Nc1ccnn1C1CCN(C(=O)c2ccc(N3CCCCC3)cc2)CC1. The van der Waals surface area contributed by atoms with Crippen LogP contribution < -0.4 is 10.2 Å². The van der Waals surface area contributed by atoms with Crippen LogP contribution in [0.1, 0.15) is 55.4 Å². The molecular formula is C22H29N5O2. The molecule has 0 radical (unpaired) electrons. The Morgan fingerprint density at radius 3 is 2.31 bits per heavy atom. The van der Waals surface area contributed by atoms with Crippen molar-refractivity contribution in [1.82, 2.24) is 14.7 Å². The van der Waals surface area contributed by atoms with Gasteiger partial charge in [0.25, 0.3) is 5.91 Å². The molecule has 1 aromatic carbocycles. The van der Waals surface area contributed by atoms with Gasteiger partial charge in [0.15, 0.2) is 0 Å². The van der Waals surface area contributed by atoms with Gasteiger partial charge in [-0.25, -0.2) is 4.68 Å². The lowest BCUT2D eigenvalue weighted by Crippen LogP contribution is -2.39. The van der Waals surface area contributed by atoms with E-state index >= 15 is 0 Å². The zero-order chi connectivity index (χ0) is 20.2. The van der Waals surface area contributed by atoms with Gasteiger partial charge >= 0.3 is 0 Å². The van der Waals surface area contributed by atoms with Crippen molar-refractivity contribution in [2.45, 2.75) is 45.1 Å². The molecule has 7 heteroatoms. The summed E-state index contributed by atoms with van der Waals surface area (Å²) in [7, 11) is 0. The minimum absolute atomic E-state index is 0.0937. The first-order valence-corrected chi connectivity index (χ1v) is 10.6. The molecule has 0 bridgehead atoms. The predicted molar refractivity (Wildman–Crippen MR) is 113 cm³/mol. The molecule has 1 N–H and O–H groups in total. The average Bonchev–Trinajstić information content (AvgIpc) is 3.21. The predicted octanol–water partition coefficient (Wildman–Crippen LogP) is 3.31. The first-order valence-electron chi connectivity index (χ1n) is 10.6. The van der Waals surface area contributed by atoms with E-state index in [4.69, 9.17) is 0 Å². The highest BCUT2D eigenvalue weighted by Gasteiger charge is 2.26. The summed E-state index contributed by atoms with van der Waals surface area (Å²) in [6.07, 6.45) is 7.16. The van der Waals surface area contributed by atoms with Crippen LogP contribution in [-0.2, 0) is 4.79 Å². The Morgan fingerprint density at radius 1 is 0.966 bits per heavy atom. The van der Waals surface area contributed by atoms with E-state index in [9.17, 15) is 9.59 Å². The number of aromatic nitrogens is 2. The molecule has 2 fully saturated rings. The Bertz CT molecular complexity index is 846. The van der Waals surface area contributed by atoms with Gasteiger partial charge in [-0.1, -0.05) is 0 Å². The molecule has 2 aliphatic heterocycles. The molecule has 0 spiro atoms. The van der Waals surface area contributed by atoms with Crippen molar-refractivity contribution in [2.24, 2.45) is 0 Å². The van der Waals surface area contributed by atoms with E-state index in [1.807, 2.05) is 27.8 Å². The summed E-state index contributed by atoms with van der Waals surface area (Å²) in [5.74, 6) is 0.708. The maximum absolute atomic E-state index is 12.9. The van der Waals surface area contributed by atoms with Crippen LogP contribution in [0.5, 0.6) is 0 Å². The molecule has 29 heavy (non-hydrogen) atoms. The zero-order valence-electron chi connectivity index (χ0n) is 17.0. The van der Waals surface area contributed by atoms with Crippen LogP contribution in [0.4, 0.5) is 11.5 Å². The number of carbonyl (C=O) groups excluding carboxylic acids is 2. The van der Waals surface area contributed by atoms with Crippen molar-refractivity contribution >= 4 is 23.3 Å². The molecule has 2 aliphatic rings. The van der Waals surface area contributed by atoms with E-state index < -0.39 is 0 Å². The summed E-state index contributed by atoms with van der Waals surface area (Å²) in [4.78, 5) is 28.6. The lowest BCUT2D eigenvalue weighted by molar-refractivity contribution is -0.114. The zero-order valence-corrected chi connectivity index (χ0v) is 17.0. The number of anilines is 2. The first-order chi connectivity index (χ1) is 14.1. The molecule has 0 saturated carbocycles. The Labute approximate surface area is 171 Å². The summed E-state index contributed by atoms with van der Waals surface area (Å²) >= 11 is 0. The third-order valence-corrected chi connectivity index (χ3v) is 5.91. The minimum atomic E-state index is -0.104. The molecule has 2 saturated heterocycles. The molecule has 0 unspecified atom stereocenters. The van der Waals surface area contributed by atoms with Crippen LogP contribution in [0.2, 0.25) is 0 Å². The number of carbonyl (C=O) groups is 2. The number of likely N-dealkylation sites (tertiary alicyclic amines) is 1. The fraction of sp³-hybridized carbons (Fsp3) is 0.500. The van der Waals surface area contributed by atoms with Gasteiger partial charge in [0, 0.05) is 50.4 Å². The number of nitrogens with zero attached hydrogens (tertiary/aromatic N) is 4. The molecular weight excluding hydrogens is 366 g/mol. The fourth-order valence-electron chi connectivity index (χ4n) is 4.35. The van der Waals surface area contributed by atoms with Crippen molar-refractivity contribution in [3.63, 3.8) is 0 Å². The average molecular weight is 396 g/mol. The lowest BCUT2D eigenvalue weighted by Gasteiger charge is -2.33. The molecule has 3 heterocycles. The number of amides is 2. The van der Waals surface area contributed by atoms with Crippen molar-refractivity contribution in [1.29, 1.82) is 0 Å². The van der Waals surface area contributed by atoms with Gasteiger partial charge in [0.2, 0.25) is 5.91 Å². The van der Waals surface area contributed by atoms with Crippen molar-refractivity contribution in [3.8, 4) is 0 Å². The maximum atomic E-state index is 12.9. The van der Waals surface area contributed by atoms with Crippen LogP contribution in [0.3, 0.4) is 0 Å². The van der Waals surface area contributed by atoms with Crippen molar-refractivity contribution < 1.29 is 9.59 Å². The van der Waals surface area contributed by atoms with Crippen LogP contribution >= 0.6 is 0 Å². The van der Waals surface area contributed by atoms with Gasteiger partial charge in [-0.3, -0.25) is 9.59 Å². The van der Waals surface area contributed by atoms with Gasteiger partial charge in [0.1, 0.15) is 5.82 Å². The molecule has 154 valence electrons. The third kappa shape index (κ3) is 4.44. The number of nitrogens with one attached hydrogen (secondary N) is 1. The number of piperidine rings is 2. The maximum Gasteiger partial charge on any atom is 0.253 e. The third-order valence-electron chi connectivity index (χ3n) is 5.91. The quantitative estimate of drug-likeness (QED) is 0.862. The highest BCUT2D eigenvalue weighted by molar-refractivity contribution is 5.94. The van der Waals surface area contributed by atoms with E-state index in [1.54, 1.807) is 6.20 Å². The number of rotatable bonds is 4. The largest absolute Gasteiger partial charge is 0.372 e. The number of benzene rings is 1. The Balaban J connectivity index is 1.35. The normalized spacial score (nSPS) is 18.0. The lowest BCUT2D eigenvalue weighted by atomic mass is 10.0. The molecule has 2 aromatic rings. The van der Waals surface area contributed by atoms with E-state index in [2.05, 4.69) is 27.4 Å². The Hall–Kier alpha value is -2.83. The van der Waals surface area contributed by atoms with E-state index in [-0.39, 0.29) is 17.9 Å². The van der Waals surface area contributed by atoms with Crippen LogP contribution in [-0.4, -0.2) is 52.7 Å². The number of hydrogen-bond donors (Lipinski definition) is 1. The van der Waals surface area contributed by atoms with Gasteiger partial charge in [-0.05, 0) is 56.4 Å². The Morgan fingerprint density at radius 2 is 1.66 bits per heavy atom. The summed E-state index contributed by atoms with van der Waals surface area (Å²) in [6, 6.07) is 10.1. The molecule has 0 atom stereocenters. The van der Waals surface area contributed by atoms with Crippen LogP contribution in [0, 0.1) is 0 Å². The van der Waals surface area contributed by atoms with Crippen LogP contribution in [0.25, 0.3) is 0 Å². The second-order valence-electron chi connectivity index (χ2n) is 7.96. The summed E-state index contributed by atoms with van der Waals surface area (Å²) < 4.78 is 1.87. The van der Waals surface area contributed by atoms with E-state index in [0.29, 0.717) is 13.1 Å². The monoisotopic (exact) mass is 395 g/mol. The standard InChI is InChI=1S/C22H29N5O2/c1-17(28)24-21-9-12-23-27(21)20-10-15-26(16-11-20)22(29)18-5-7-19(8-6-18)25-13-3-2-4-14-25/h5-9,12,20H,2-4,10-11,13-16H2,1H3,(H,24,28). The summed E-state index contributed by atoms with van der Waals surface area (Å²) in [5, 5.41) is 7.19. The molecule has 4 rings (SSSR count). The second-order valence-corrected chi connectivity index (χ2v) is 7.96. The van der Waals surface area contributed by atoms with Crippen molar-refractivity contribution in [2.75, 3.05) is 36.4 Å². The van der Waals surface area contributed by atoms with Gasteiger partial charge in [-0.2, -0.15) is 5.10 Å². The number of hydrogen-bond acceptors (Lipinski definition) is 4. The molecule has 0 aliphatic carbocycles. The van der Waals surface area contributed by atoms with E-state index in [1.165, 1.54) is 31.9 Å². The van der Waals surface area contributed by atoms with Crippen LogP contribution in [0.15, 0.2) is 36.5 Å². The van der Waals surface area contributed by atoms with Crippen molar-refractivity contribution in [3.05, 3.63) is 42.1 Å². The van der Waals surface area contributed by atoms with E-state index in [0.717, 1.165) is 37.3 Å². The second kappa shape index (κ2) is 8.68. The molecule has 2 amide bonds. The topological polar surface area (TPSA) is 70.5 Å². The van der Waals surface area contributed by atoms with Gasteiger partial charge < -0.3 is 15.1 Å².